The molecule has 1 aromatic carbocycles. The van der Waals surface area contributed by atoms with Crippen LogP contribution in [0.1, 0.15) is 43.2 Å². The first-order valence-corrected chi connectivity index (χ1v) is 7.10. The minimum atomic E-state index is 0.211. The lowest BCUT2D eigenvalue weighted by Gasteiger charge is -2.16. The second-order valence-electron chi connectivity index (χ2n) is 6.96. The lowest BCUT2D eigenvalue weighted by atomic mass is 9.91. The zero-order valence-corrected chi connectivity index (χ0v) is 13.4. The highest BCUT2D eigenvalue weighted by Crippen LogP contribution is 2.26. The smallest absolute Gasteiger partial charge is 0.127 e. The summed E-state index contributed by atoms with van der Waals surface area (Å²) in [4.78, 5) is 0. The molecular formula is C17H25N3. The molecule has 2 rings (SSSR count). The molecule has 0 spiro atoms. The first-order valence-electron chi connectivity index (χ1n) is 7.10. The highest BCUT2D eigenvalue weighted by Gasteiger charge is 2.17. The first-order chi connectivity index (χ1) is 9.17. The Bertz CT molecular complexity index is 607. The number of anilines is 1. The fourth-order valence-corrected chi connectivity index (χ4v) is 2.76. The third kappa shape index (κ3) is 3.03. The number of hydrogen-bond acceptors (Lipinski definition) is 2. The molecule has 2 N–H and O–H groups in total. The summed E-state index contributed by atoms with van der Waals surface area (Å²) in [6, 6.07) is 6.34. The van der Waals surface area contributed by atoms with Crippen molar-refractivity contribution < 1.29 is 0 Å². The predicted molar refractivity (Wildman–Crippen MR) is 85.3 cm³/mol. The van der Waals surface area contributed by atoms with Crippen LogP contribution in [0.25, 0.3) is 5.69 Å². The van der Waals surface area contributed by atoms with Crippen LogP contribution in [0.15, 0.2) is 18.2 Å². The van der Waals surface area contributed by atoms with E-state index < -0.39 is 0 Å². The number of aromatic nitrogens is 2. The van der Waals surface area contributed by atoms with E-state index in [-0.39, 0.29) is 5.41 Å². The zero-order chi connectivity index (χ0) is 15.1. The molecule has 3 heteroatoms. The summed E-state index contributed by atoms with van der Waals surface area (Å²) >= 11 is 0. The average Bonchev–Trinajstić information content (AvgIpc) is 2.55. The molecular weight excluding hydrogens is 246 g/mol. The van der Waals surface area contributed by atoms with E-state index in [4.69, 9.17) is 10.8 Å². The van der Waals surface area contributed by atoms with Crippen molar-refractivity contribution >= 4 is 5.82 Å². The van der Waals surface area contributed by atoms with Crippen molar-refractivity contribution in [1.82, 2.24) is 9.78 Å². The summed E-state index contributed by atoms with van der Waals surface area (Å²) < 4.78 is 1.88. The highest BCUT2D eigenvalue weighted by molar-refractivity contribution is 5.53. The molecule has 0 bridgehead atoms. The predicted octanol–water partition coefficient (Wildman–Crippen LogP) is 3.97. The summed E-state index contributed by atoms with van der Waals surface area (Å²) in [5, 5.41) is 4.71. The Morgan fingerprint density at radius 1 is 1.05 bits per heavy atom. The Morgan fingerprint density at radius 3 is 2.10 bits per heavy atom. The Kier molecular flexibility index (Phi) is 3.63. The minimum Gasteiger partial charge on any atom is -0.384 e. The van der Waals surface area contributed by atoms with Gasteiger partial charge in [0.2, 0.25) is 0 Å². The maximum Gasteiger partial charge on any atom is 0.127 e. The molecule has 0 aliphatic carbocycles. The zero-order valence-electron chi connectivity index (χ0n) is 13.4. The maximum absolute atomic E-state index is 6.17. The molecule has 0 atom stereocenters. The van der Waals surface area contributed by atoms with Gasteiger partial charge >= 0.3 is 0 Å². The molecule has 0 amide bonds. The van der Waals surface area contributed by atoms with Gasteiger partial charge in [-0.1, -0.05) is 38.5 Å². The van der Waals surface area contributed by atoms with Gasteiger partial charge in [-0.15, -0.1) is 0 Å². The largest absolute Gasteiger partial charge is 0.384 e. The van der Waals surface area contributed by atoms with Crippen molar-refractivity contribution in [3.05, 3.63) is 40.6 Å². The van der Waals surface area contributed by atoms with Gasteiger partial charge in [-0.2, -0.15) is 5.10 Å². The van der Waals surface area contributed by atoms with Crippen molar-refractivity contribution in [2.45, 2.75) is 48.0 Å². The third-order valence-corrected chi connectivity index (χ3v) is 3.35. The van der Waals surface area contributed by atoms with Crippen LogP contribution in [-0.4, -0.2) is 9.78 Å². The lowest BCUT2D eigenvalue weighted by molar-refractivity contribution is 0.405. The van der Waals surface area contributed by atoms with Crippen molar-refractivity contribution in [3.8, 4) is 5.69 Å². The van der Waals surface area contributed by atoms with E-state index in [1.807, 2.05) is 10.7 Å². The molecule has 3 nitrogen and oxygen atoms in total. The molecule has 20 heavy (non-hydrogen) atoms. The molecule has 0 aliphatic rings. The summed E-state index contributed by atoms with van der Waals surface area (Å²) in [7, 11) is 0. The van der Waals surface area contributed by atoms with Crippen LogP contribution in [0.3, 0.4) is 0 Å². The normalized spacial score (nSPS) is 11.9. The fourth-order valence-electron chi connectivity index (χ4n) is 2.76. The SMILES string of the molecule is Cc1cc(C)c(-n2nc(CC(C)(C)C)cc2N)c(C)c1. The van der Waals surface area contributed by atoms with E-state index in [1.165, 1.54) is 16.7 Å². The second kappa shape index (κ2) is 4.97. The number of nitrogens with two attached hydrogens (primary N) is 1. The molecule has 0 unspecified atom stereocenters. The van der Waals surface area contributed by atoms with Gasteiger partial charge in [-0.3, -0.25) is 0 Å². The molecule has 0 saturated carbocycles. The molecule has 2 aromatic rings. The van der Waals surface area contributed by atoms with Crippen LogP contribution in [0.2, 0.25) is 0 Å². The Morgan fingerprint density at radius 2 is 1.60 bits per heavy atom. The Balaban J connectivity index is 2.49. The molecule has 1 aromatic heterocycles. The van der Waals surface area contributed by atoms with Gasteiger partial charge in [0, 0.05) is 6.07 Å². The summed E-state index contributed by atoms with van der Waals surface area (Å²) in [6.07, 6.45) is 0.925. The molecule has 1 heterocycles. The van der Waals surface area contributed by atoms with Gasteiger partial charge in [0.1, 0.15) is 5.82 Å². The summed E-state index contributed by atoms with van der Waals surface area (Å²) in [6.45, 7) is 13.0. The number of rotatable bonds is 2. The van der Waals surface area contributed by atoms with Crippen LogP contribution in [-0.2, 0) is 6.42 Å². The van der Waals surface area contributed by atoms with E-state index in [0.717, 1.165) is 17.8 Å². The van der Waals surface area contributed by atoms with E-state index >= 15 is 0 Å². The van der Waals surface area contributed by atoms with Crippen LogP contribution in [0.4, 0.5) is 5.82 Å². The van der Waals surface area contributed by atoms with Crippen LogP contribution < -0.4 is 5.73 Å². The number of nitrogen functional groups attached to an aromatic ring is 1. The molecule has 0 saturated heterocycles. The van der Waals surface area contributed by atoms with E-state index in [0.29, 0.717) is 5.82 Å². The number of hydrogen-bond donors (Lipinski definition) is 1. The minimum absolute atomic E-state index is 0.211. The number of benzene rings is 1. The number of nitrogens with zero attached hydrogens (tertiary/aromatic N) is 2. The molecule has 0 radical (unpaired) electrons. The standard InChI is InChI=1S/C17H25N3/c1-11-7-12(2)16(13(3)8-11)20-15(18)9-14(19-20)10-17(4,5)6/h7-9H,10,18H2,1-6H3. The highest BCUT2D eigenvalue weighted by atomic mass is 15.3. The Labute approximate surface area is 121 Å². The first kappa shape index (κ1) is 14.6. The van der Waals surface area contributed by atoms with Crippen molar-refractivity contribution in [1.29, 1.82) is 0 Å². The van der Waals surface area contributed by atoms with Crippen molar-refractivity contribution in [2.75, 3.05) is 5.73 Å². The molecule has 108 valence electrons. The van der Waals surface area contributed by atoms with Crippen molar-refractivity contribution in [2.24, 2.45) is 5.41 Å². The van der Waals surface area contributed by atoms with Gasteiger partial charge in [0.15, 0.2) is 0 Å². The number of aryl methyl sites for hydroxylation is 3. The fraction of sp³-hybridized carbons (Fsp3) is 0.471. The quantitative estimate of drug-likeness (QED) is 0.898. The summed E-state index contributed by atoms with van der Waals surface area (Å²) in [5.74, 6) is 0.708. The second-order valence-corrected chi connectivity index (χ2v) is 6.96. The van der Waals surface area contributed by atoms with E-state index in [9.17, 15) is 0 Å². The van der Waals surface area contributed by atoms with Gasteiger partial charge in [-0.25, -0.2) is 4.68 Å². The molecule has 0 aliphatic heterocycles. The van der Waals surface area contributed by atoms with Gasteiger partial charge in [0.25, 0.3) is 0 Å². The average molecular weight is 271 g/mol. The van der Waals surface area contributed by atoms with Crippen LogP contribution in [0, 0.1) is 26.2 Å². The van der Waals surface area contributed by atoms with Gasteiger partial charge < -0.3 is 5.73 Å². The van der Waals surface area contributed by atoms with Crippen LogP contribution >= 0.6 is 0 Å². The topological polar surface area (TPSA) is 43.8 Å². The monoisotopic (exact) mass is 271 g/mol. The van der Waals surface area contributed by atoms with Crippen LogP contribution in [0.5, 0.6) is 0 Å². The Hall–Kier alpha value is -1.77. The van der Waals surface area contributed by atoms with E-state index in [1.54, 1.807) is 0 Å². The molecule has 0 fully saturated rings. The third-order valence-electron chi connectivity index (χ3n) is 3.35. The van der Waals surface area contributed by atoms with Gasteiger partial charge in [0.05, 0.1) is 11.4 Å². The van der Waals surface area contributed by atoms with Crippen molar-refractivity contribution in [3.63, 3.8) is 0 Å². The summed E-state index contributed by atoms with van der Waals surface area (Å²) in [5.41, 5.74) is 12.2. The maximum atomic E-state index is 6.17. The van der Waals surface area contributed by atoms with Gasteiger partial charge in [-0.05, 0) is 43.7 Å². The lowest BCUT2D eigenvalue weighted by Crippen LogP contribution is -2.11. The van der Waals surface area contributed by atoms with E-state index in [2.05, 4.69) is 53.7 Å².